The SMILES string of the molecule is NC(=O)c1ccc2sc(-c3c(N[C@@H]4CCCNC4)nc(N4CCOCC4)[nH]c3=O)nc2c1. The zero-order valence-electron chi connectivity index (χ0n) is 17.5. The van der Waals surface area contributed by atoms with E-state index in [-0.39, 0.29) is 11.6 Å². The number of nitrogens with two attached hydrogens (primary N) is 1. The third-order valence-corrected chi connectivity index (χ3v) is 6.80. The van der Waals surface area contributed by atoms with E-state index in [1.165, 1.54) is 11.3 Å². The molecule has 2 aliphatic rings. The van der Waals surface area contributed by atoms with Crippen LogP contribution in [0.25, 0.3) is 20.8 Å². The van der Waals surface area contributed by atoms with Gasteiger partial charge in [-0.05, 0) is 37.6 Å². The number of nitrogens with zero attached hydrogens (tertiary/aromatic N) is 3. The molecule has 2 fully saturated rings. The van der Waals surface area contributed by atoms with Crippen molar-refractivity contribution in [3.8, 4) is 10.6 Å². The molecule has 0 unspecified atom stereocenters. The Labute approximate surface area is 188 Å². The lowest BCUT2D eigenvalue weighted by Crippen LogP contribution is -2.40. The van der Waals surface area contributed by atoms with E-state index in [1.54, 1.807) is 18.2 Å². The van der Waals surface area contributed by atoms with Crippen LogP contribution in [0.1, 0.15) is 23.2 Å². The number of aromatic amines is 1. The first-order valence-electron chi connectivity index (χ1n) is 10.7. The van der Waals surface area contributed by atoms with Crippen LogP contribution in [0.3, 0.4) is 0 Å². The maximum Gasteiger partial charge on any atom is 0.264 e. The predicted octanol–water partition coefficient (Wildman–Crippen LogP) is 1.15. The van der Waals surface area contributed by atoms with Crippen LogP contribution in [0.2, 0.25) is 0 Å². The molecule has 11 heteroatoms. The third kappa shape index (κ3) is 4.18. The molecule has 0 bridgehead atoms. The number of piperidine rings is 1. The Kier molecular flexibility index (Phi) is 5.77. The second kappa shape index (κ2) is 8.85. The Bertz CT molecular complexity index is 1200. The molecule has 10 nitrogen and oxygen atoms in total. The summed E-state index contributed by atoms with van der Waals surface area (Å²) >= 11 is 1.39. The van der Waals surface area contributed by atoms with E-state index in [2.05, 4.69) is 20.6 Å². The quantitative estimate of drug-likeness (QED) is 0.449. The van der Waals surface area contributed by atoms with Crippen LogP contribution >= 0.6 is 11.3 Å². The molecule has 4 heterocycles. The number of aromatic nitrogens is 3. The van der Waals surface area contributed by atoms with Crippen molar-refractivity contribution < 1.29 is 9.53 Å². The van der Waals surface area contributed by atoms with E-state index < -0.39 is 5.91 Å². The lowest BCUT2D eigenvalue weighted by atomic mass is 10.1. The third-order valence-electron chi connectivity index (χ3n) is 5.74. The predicted molar refractivity (Wildman–Crippen MR) is 125 cm³/mol. The number of amides is 1. The fraction of sp³-hybridized carbons (Fsp3) is 0.429. The highest BCUT2D eigenvalue weighted by molar-refractivity contribution is 7.21. The van der Waals surface area contributed by atoms with Crippen molar-refractivity contribution in [2.45, 2.75) is 18.9 Å². The number of benzene rings is 1. The number of H-pyrrole nitrogens is 1. The molecule has 1 amide bonds. The van der Waals surface area contributed by atoms with Gasteiger partial charge in [-0.2, -0.15) is 4.98 Å². The van der Waals surface area contributed by atoms with E-state index in [0.717, 1.165) is 30.6 Å². The van der Waals surface area contributed by atoms with Crippen LogP contribution in [0, 0.1) is 0 Å². The molecule has 1 atom stereocenters. The summed E-state index contributed by atoms with van der Waals surface area (Å²) in [6, 6.07) is 5.30. The van der Waals surface area contributed by atoms with Crippen molar-refractivity contribution in [3.05, 3.63) is 34.1 Å². The van der Waals surface area contributed by atoms with Gasteiger partial charge in [-0.1, -0.05) is 0 Å². The maximum absolute atomic E-state index is 13.3. The number of ether oxygens (including phenoxy) is 1. The number of hydrogen-bond donors (Lipinski definition) is 4. The van der Waals surface area contributed by atoms with Gasteiger partial charge in [0.25, 0.3) is 5.56 Å². The number of primary amides is 1. The summed E-state index contributed by atoms with van der Waals surface area (Å²) in [4.78, 5) is 39.2. The minimum absolute atomic E-state index is 0.171. The molecule has 0 radical (unpaired) electrons. The van der Waals surface area contributed by atoms with Gasteiger partial charge in [-0.3, -0.25) is 14.6 Å². The van der Waals surface area contributed by atoms with Gasteiger partial charge < -0.3 is 26.0 Å². The molecule has 2 aromatic heterocycles. The average molecular weight is 456 g/mol. The highest BCUT2D eigenvalue weighted by Crippen LogP contribution is 2.33. The second-order valence-corrected chi connectivity index (χ2v) is 9.00. The molecule has 168 valence electrons. The summed E-state index contributed by atoms with van der Waals surface area (Å²) in [5, 5.41) is 7.42. The molecular weight excluding hydrogens is 430 g/mol. The molecule has 5 N–H and O–H groups in total. The van der Waals surface area contributed by atoms with Crippen LogP contribution < -0.4 is 26.8 Å². The van der Waals surface area contributed by atoms with Crippen molar-refractivity contribution in [3.63, 3.8) is 0 Å². The molecule has 3 aromatic rings. The van der Waals surface area contributed by atoms with E-state index >= 15 is 0 Å². The van der Waals surface area contributed by atoms with Gasteiger partial charge in [0.15, 0.2) is 0 Å². The van der Waals surface area contributed by atoms with Gasteiger partial charge in [-0.15, -0.1) is 11.3 Å². The summed E-state index contributed by atoms with van der Waals surface area (Å²) in [5.41, 5.74) is 6.58. The number of rotatable bonds is 5. The van der Waals surface area contributed by atoms with E-state index in [4.69, 9.17) is 15.5 Å². The first-order chi connectivity index (χ1) is 15.6. The summed E-state index contributed by atoms with van der Waals surface area (Å²) in [6.07, 6.45) is 2.05. The van der Waals surface area contributed by atoms with Crippen molar-refractivity contribution in [1.29, 1.82) is 0 Å². The first-order valence-corrected chi connectivity index (χ1v) is 11.5. The number of fused-ring (bicyclic) bond motifs is 1. The largest absolute Gasteiger partial charge is 0.378 e. The van der Waals surface area contributed by atoms with Crippen LogP contribution in [0.5, 0.6) is 0 Å². The van der Waals surface area contributed by atoms with Gasteiger partial charge in [0.05, 0.1) is 23.4 Å². The summed E-state index contributed by atoms with van der Waals surface area (Å²) < 4.78 is 6.30. The number of carbonyl (C=O) groups excluding carboxylic acids is 1. The van der Waals surface area contributed by atoms with Gasteiger partial charge in [0.2, 0.25) is 11.9 Å². The minimum atomic E-state index is -0.511. The van der Waals surface area contributed by atoms with Crippen molar-refractivity contribution >= 4 is 39.2 Å². The summed E-state index contributed by atoms with van der Waals surface area (Å²) in [6.45, 7) is 4.34. The molecule has 0 aliphatic carbocycles. The van der Waals surface area contributed by atoms with Crippen molar-refractivity contribution in [2.75, 3.05) is 49.6 Å². The molecule has 1 aromatic carbocycles. The van der Waals surface area contributed by atoms with E-state index in [9.17, 15) is 9.59 Å². The van der Waals surface area contributed by atoms with Gasteiger partial charge in [-0.25, -0.2) is 4.98 Å². The lowest BCUT2D eigenvalue weighted by molar-refractivity contribution is 0.100. The number of anilines is 2. The van der Waals surface area contributed by atoms with Gasteiger partial charge in [0, 0.05) is 31.2 Å². The second-order valence-electron chi connectivity index (χ2n) is 7.97. The normalized spacial score (nSPS) is 19.2. The van der Waals surface area contributed by atoms with Gasteiger partial charge in [0.1, 0.15) is 16.4 Å². The number of thiazole rings is 1. The van der Waals surface area contributed by atoms with Crippen LogP contribution in [-0.4, -0.2) is 66.3 Å². The maximum atomic E-state index is 13.3. The Hall–Kier alpha value is -3.02. The molecule has 0 saturated carbocycles. The zero-order chi connectivity index (χ0) is 22.1. The van der Waals surface area contributed by atoms with Crippen LogP contribution in [-0.2, 0) is 4.74 Å². The zero-order valence-corrected chi connectivity index (χ0v) is 18.3. The Balaban J connectivity index is 1.58. The molecule has 5 rings (SSSR count). The standard InChI is InChI=1S/C21H25N7O3S/c22-17(29)12-3-4-15-14(10-12)25-20(32-15)16-18(24-13-2-1-5-23-11-13)26-21(27-19(16)30)28-6-8-31-9-7-28/h3-4,10,13,23H,1-2,5-9,11H2,(H2,22,29)(H2,24,26,27,30)/t13-/m1/s1. The summed E-state index contributed by atoms with van der Waals surface area (Å²) in [7, 11) is 0. The number of carbonyl (C=O) groups is 1. The highest BCUT2D eigenvalue weighted by Gasteiger charge is 2.24. The smallest absolute Gasteiger partial charge is 0.264 e. The van der Waals surface area contributed by atoms with Crippen LogP contribution in [0.15, 0.2) is 23.0 Å². The fourth-order valence-corrected chi connectivity index (χ4v) is 5.03. The number of nitrogens with one attached hydrogen (secondary N) is 3. The minimum Gasteiger partial charge on any atom is -0.378 e. The Morgan fingerprint density at radius 3 is 2.88 bits per heavy atom. The highest BCUT2D eigenvalue weighted by atomic mass is 32.1. The molecule has 0 spiro atoms. The Morgan fingerprint density at radius 2 is 2.12 bits per heavy atom. The lowest BCUT2D eigenvalue weighted by Gasteiger charge is -2.29. The average Bonchev–Trinajstić information content (AvgIpc) is 3.22. The van der Waals surface area contributed by atoms with Gasteiger partial charge >= 0.3 is 0 Å². The van der Waals surface area contributed by atoms with E-state index in [0.29, 0.717) is 59.7 Å². The van der Waals surface area contributed by atoms with Crippen molar-refractivity contribution in [1.82, 2.24) is 20.3 Å². The molecular formula is C21H25N7O3S. The number of morpholine rings is 1. The van der Waals surface area contributed by atoms with Crippen LogP contribution in [0.4, 0.5) is 11.8 Å². The van der Waals surface area contributed by atoms with Crippen molar-refractivity contribution in [2.24, 2.45) is 5.73 Å². The fourth-order valence-electron chi connectivity index (χ4n) is 4.05. The summed E-state index contributed by atoms with van der Waals surface area (Å²) in [5.74, 6) is 0.548. The monoisotopic (exact) mass is 455 g/mol. The molecule has 2 saturated heterocycles. The Morgan fingerprint density at radius 1 is 1.28 bits per heavy atom. The molecule has 2 aliphatic heterocycles. The molecule has 32 heavy (non-hydrogen) atoms. The topological polar surface area (TPSA) is 138 Å². The number of hydrogen-bond acceptors (Lipinski definition) is 9. The first kappa shape index (κ1) is 20.9. The van der Waals surface area contributed by atoms with E-state index in [1.807, 2.05) is 4.90 Å².